The van der Waals surface area contributed by atoms with Gasteiger partial charge in [-0.25, -0.2) is 0 Å². The van der Waals surface area contributed by atoms with Crippen molar-refractivity contribution in [3.8, 4) is 16.9 Å². The predicted molar refractivity (Wildman–Crippen MR) is 140 cm³/mol. The molecular formula is C29H33OP. The Morgan fingerprint density at radius 1 is 0.677 bits per heavy atom. The summed E-state index contributed by atoms with van der Waals surface area (Å²) in [5.41, 5.74) is 2.74. The van der Waals surface area contributed by atoms with Crippen molar-refractivity contribution in [2.24, 2.45) is 0 Å². The van der Waals surface area contributed by atoms with Gasteiger partial charge in [-0.05, 0) is 0 Å². The Labute approximate surface area is 186 Å². The van der Waals surface area contributed by atoms with Crippen LogP contribution in [-0.4, -0.2) is 16.7 Å². The summed E-state index contributed by atoms with van der Waals surface area (Å²) in [5, 5.41) is 7.11. The van der Waals surface area contributed by atoms with Crippen molar-refractivity contribution in [1.29, 1.82) is 0 Å². The van der Waals surface area contributed by atoms with E-state index in [-0.39, 0.29) is 10.3 Å². The van der Waals surface area contributed by atoms with Crippen LogP contribution in [0.5, 0.6) is 5.75 Å². The van der Waals surface area contributed by atoms with Gasteiger partial charge in [-0.1, -0.05) is 0 Å². The molecule has 4 aromatic rings. The first-order valence-corrected chi connectivity index (χ1v) is 13.5. The van der Waals surface area contributed by atoms with Crippen LogP contribution in [0, 0.1) is 0 Å². The minimum absolute atomic E-state index is 0.174. The second-order valence-electron chi connectivity index (χ2n) is 11.1. The molecule has 5 rings (SSSR count). The van der Waals surface area contributed by atoms with Crippen LogP contribution in [0.4, 0.5) is 0 Å². The molecule has 0 unspecified atom stereocenters. The first kappa shape index (κ1) is 20.5. The van der Waals surface area contributed by atoms with Gasteiger partial charge < -0.3 is 0 Å². The molecule has 1 heterocycles. The predicted octanol–water partition coefficient (Wildman–Crippen LogP) is 7.98. The Bertz CT molecular complexity index is 1240. The average molecular weight is 429 g/mol. The first-order valence-electron chi connectivity index (χ1n) is 11.3. The number of hydrogen-bond donors (Lipinski definition) is 0. The molecule has 0 atom stereocenters. The maximum atomic E-state index is 6.52. The molecule has 0 spiro atoms. The van der Waals surface area contributed by atoms with Crippen LogP contribution in [0.15, 0.2) is 72.8 Å². The zero-order chi connectivity index (χ0) is 22.0. The molecular weight excluding hydrogens is 395 g/mol. The van der Waals surface area contributed by atoms with Crippen molar-refractivity contribution in [2.45, 2.75) is 51.9 Å². The number of ether oxygens (including phenoxy) is 1. The molecule has 0 N–H and O–H groups in total. The van der Waals surface area contributed by atoms with Crippen LogP contribution in [0.25, 0.3) is 32.7 Å². The van der Waals surface area contributed by atoms with Gasteiger partial charge in [0.25, 0.3) is 0 Å². The Morgan fingerprint density at radius 3 is 1.77 bits per heavy atom. The monoisotopic (exact) mass is 428 g/mol. The molecule has 0 amide bonds. The SMILES string of the molecule is CC(C)(C)[PH]1(C(C)(C)C)COc2cccc(-c3c4ccccc4cc4ccccc34)c21. The van der Waals surface area contributed by atoms with Crippen molar-refractivity contribution >= 4 is 34.1 Å². The van der Waals surface area contributed by atoms with Crippen LogP contribution in [-0.2, 0) is 0 Å². The quantitative estimate of drug-likeness (QED) is 0.221. The summed E-state index contributed by atoms with van der Waals surface area (Å²) in [6, 6.07) is 26.7. The Kier molecular flexibility index (Phi) is 4.51. The summed E-state index contributed by atoms with van der Waals surface area (Å²) in [4.78, 5) is 0. The van der Waals surface area contributed by atoms with Crippen molar-refractivity contribution in [3.05, 3.63) is 72.8 Å². The van der Waals surface area contributed by atoms with Gasteiger partial charge in [-0.15, -0.1) is 0 Å². The molecule has 0 saturated carbocycles. The third kappa shape index (κ3) is 2.86. The maximum absolute atomic E-state index is 6.52. The standard InChI is InChI=1S/C29H33OP/c1-28(2,3)31(29(4,5)6)19-30-25-17-11-16-24(27(25)31)26-22-14-9-7-12-20(22)18-21-13-8-10-15-23(21)26/h7-18,31H,19H2,1-6H3. The number of hydrogen-bond acceptors (Lipinski definition) is 1. The molecule has 0 saturated heterocycles. The minimum atomic E-state index is -2.08. The van der Waals surface area contributed by atoms with Crippen molar-refractivity contribution < 1.29 is 4.74 Å². The van der Waals surface area contributed by atoms with E-state index in [1.54, 1.807) is 0 Å². The molecule has 0 aromatic heterocycles. The molecule has 31 heavy (non-hydrogen) atoms. The van der Waals surface area contributed by atoms with Crippen LogP contribution in [0.2, 0.25) is 0 Å². The summed E-state index contributed by atoms with van der Waals surface area (Å²) in [5.74, 6) is 1.10. The number of fused-ring (bicyclic) bond motifs is 3. The Morgan fingerprint density at radius 2 is 1.23 bits per heavy atom. The van der Waals surface area contributed by atoms with E-state index in [0.717, 1.165) is 12.1 Å². The van der Waals surface area contributed by atoms with Crippen molar-refractivity contribution in [2.75, 3.05) is 6.35 Å². The van der Waals surface area contributed by atoms with E-state index in [1.807, 2.05) is 0 Å². The molecule has 1 nitrogen and oxygen atoms in total. The summed E-state index contributed by atoms with van der Waals surface area (Å²) in [7, 11) is -2.08. The molecule has 4 aromatic carbocycles. The van der Waals surface area contributed by atoms with Gasteiger partial charge in [-0.2, -0.15) is 0 Å². The van der Waals surface area contributed by atoms with Crippen LogP contribution in [0.1, 0.15) is 41.5 Å². The summed E-state index contributed by atoms with van der Waals surface area (Å²) in [6.07, 6.45) is 0.856. The van der Waals surface area contributed by atoms with Gasteiger partial charge >= 0.3 is 187 Å². The van der Waals surface area contributed by atoms with Crippen LogP contribution >= 0.6 is 7.26 Å². The van der Waals surface area contributed by atoms with Gasteiger partial charge in [0.15, 0.2) is 0 Å². The van der Waals surface area contributed by atoms with E-state index in [2.05, 4.69) is 114 Å². The molecule has 0 radical (unpaired) electrons. The number of benzene rings is 4. The molecule has 1 aliphatic heterocycles. The Hall–Kier alpha value is -2.37. The van der Waals surface area contributed by atoms with Gasteiger partial charge in [0.2, 0.25) is 0 Å². The van der Waals surface area contributed by atoms with E-state index < -0.39 is 7.26 Å². The van der Waals surface area contributed by atoms with Crippen molar-refractivity contribution in [3.63, 3.8) is 0 Å². The second kappa shape index (κ2) is 6.81. The van der Waals surface area contributed by atoms with E-state index >= 15 is 0 Å². The molecule has 0 aliphatic carbocycles. The fourth-order valence-corrected chi connectivity index (χ4v) is 12.5. The zero-order valence-corrected chi connectivity index (χ0v) is 20.5. The molecule has 1 aliphatic rings. The average Bonchev–Trinajstić information content (AvgIpc) is 3.13. The van der Waals surface area contributed by atoms with E-state index in [4.69, 9.17) is 4.74 Å². The molecule has 0 bridgehead atoms. The summed E-state index contributed by atoms with van der Waals surface area (Å²) >= 11 is 0. The van der Waals surface area contributed by atoms with E-state index in [9.17, 15) is 0 Å². The molecule has 0 fully saturated rings. The normalized spacial score (nSPS) is 16.8. The third-order valence-corrected chi connectivity index (χ3v) is 14.6. The molecule has 160 valence electrons. The fraction of sp³-hybridized carbons (Fsp3) is 0.310. The first-order chi connectivity index (χ1) is 14.6. The second-order valence-corrected chi connectivity index (χ2v) is 16.7. The van der Waals surface area contributed by atoms with E-state index in [0.29, 0.717) is 0 Å². The molecule has 2 heteroatoms. The van der Waals surface area contributed by atoms with Crippen LogP contribution in [0.3, 0.4) is 0 Å². The Balaban J connectivity index is 1.97. The van der Waals surface area contributed by atoms with Gasteiger partial charge in [-0.3, -0.25) is 0 Å². The van der Waals surface area contributed by atoms with Gasteiger partial charge in [0.1, 0.15) is 0 Å². The van der Waals surface area contributed by atoms with Crippen molar-refractivity contribution in [1.82, 2.24) is 0 Å². The van der Waals surface area contributed by atoms with Crippen LogP contribution < -0.4 is 10.0 Å². The summed E-state index contributed by atoms with van der Waals surface area (Å²) < 4.78 is 6.52. The number of rotatable bonds is 1. The summed E-state index contributed by atoms with van der Waals surface area (Å²) in [6.45, 7) is 14.6. The third-order valence-electron chi connectivity index (χ3n) is 7.50. The zero-order valence-electron chi connectivity index (χ0n) is 19.5. The van der Waals surface area contributed by atoms with E-state index in [1.165, 1.54) is 38.0 Å². The fourth-order valence-electron chi connectivity index (χ4n) is 6.17. The van der Waals surface area contributed by atoms with Gasteiger partial charge in [0, 0.05) is 0 Å². The van der Waals surface area contributed by atoms with Gasteiger partial charge in [0.05, 0.1) is 0 Å². The topological polar surface area (TPSA) is 9.23 Å².